The number of carbonyl (C=O) groups excluding carboxylic acids is 1. The summed E-state index contributed by atoms with van der Waals surface area (Å²) in [6.07, 6.45) is 0.529. The van der Waals surface area contributed by atoms with Gasteiger partial charge in [0.05, 0.1) is 24.1 Å². The van der Waals surface area contributed by atoms with Gasteiger partial charge in [0.2, 0.25) is 5.91 Å². The number of hydrogen-bond donors (Lipinski definition) is 3. The normalized spacial score (nSPS) is 12.2. The fourth-order valence-electron chi connectivity index (χ4n) is 1.29. The molecule has 0 spiro atoms. The van der Waals surface area contributed by atoms with Crippen LogP contribution in [0.4, 0.5) is 0 Å². The van der Waals surface area contributed by atoms with E-state index in [4.69, 9.17) is 28.2 Å². The molecule has 4 N–H and O–H groups in total. The molecule has 0 saturated carbocycles. The lowest BCUT2D eigenvalue weighted by Crippen LogP contribution is -2.43. The number of aliphatic hydroxyl groups excluding tert-OH is 2. The van der Waals surface area contributed by atoms with Crippen LogP contribution in [0.15, 0.2) is 0 Å². The van der Waals surface area contributed by atoms with Crippen LogP contribution in [0.1, 0.15) is 13.3 Å². The van der Waals surface area contributed by atoms with Crippen LogP contribution in [0.3, 0.4) is 0 Å². The molecule has 0 aromatic carbocycles. The fourth-order valence-corrected chi connectivity index (χ4v) is 1.56. The van der Waals surface area contributed by atoms with Gasteiger partial charge in [-0.25, -0.2) is 0 Å². The molecule has 1 atom stereocenters. The second-order valence-corrected chi connectivity index (χ2v) is 3.61. The van der Waals surface area contributed by atoms with Crippen LogP contribution in [0.25, 0.3) is 0 Å². The van der Waals surface area contributed by atoms with Gasteiger partial charge < -0.3 is 20.8 Å². The third-order valence-corrected chi connectivity index (χ3v) is 2.39. The van der Waals surface area contributed by atoms with Crippen LogP contribution in [-0.4, -0.2) is 52.3 Å². The molecule has 6 heteroatoms. The summed E-state index contributed by atoms with van der Waals surface area (Å²) in [5.74, 6) is -0.730. The monoisotopic (exact) mass is 234 g/mol. The number of thiocarbonyl (C=S) groups is 1. The number of carbonyl (C=O) groups is 1. The molecule has 0 aromatic rings. The van der Waals surface area contributed by atoms with Crippen molar-refractivity contribution in [3.05, 3.63) is 0 Å². The number of nitrogens with zero attached hydrogens (tertiary/aromatic N) is 1. The van der Waals surface area contributed by atoms with Crippen molar-refractivity contribution in [2.45, 2.75) is 13.3 Å². The second-order valence-electron chi connectivity index (χ2n) is 3.14. The number of rotatable bonds is 7. The van der Waals surface area contributed by atoms with Gasteiger partial charge >= 0.3 is 0 Å². The molecule has 0 aliphatic carbocycles. The average Bonchev–Trinajstić information content (AvgIpc) is 2.17. The highest BCUT2D eigenvalue weighted by molar-refractivity contribution is 7.80. The molecule has 15 heavy (non-hydrogen) atoms. The minimum Gasteiger partial charge on any atom is -0.395 e. The lowest BCUT2D eigenvalue weighted by atomic mass is 10.1. The van der Waals surface area contributed by atoms with Gasteiger partial charge in [0.1, 0.15) is 0 Å². The zero-order valence-electron chi connectivity index (χ0n) is 8.85. The molecule has 0 bridgehead atoms. The second kappa shape index (κ2) is 7.56. The SMILES string of the molecule is CCC(C(=O)N(CCO)CCO)C(N)=S. The first-order valence-electron chi connectivity index (χ1n) is 4.88. The first-order chi connectivity index (χ1) is 7.08. The van der Waals surface area contributed by atoms with Gasteiger partial charge in [0.25, 0.3) is 0 Å². The summed E-state index contributed by atoms with van der Waals surface area (Å²) in [7, 11) is 0. The number of aliphatic hydroxyl groups is 2. The Morgan fingerprint density at radius 2 is 1.87 bits per heavy atom. The highest BCUT2D eigenvalue weighted by Gasteiger charge is 2.24. The third-order valence-electron chi connectivity index (χ3n) is 2.10. The molecule has 0 aromatic heterocycles. The Hall–Kier alpha value is -0.720. The molecule has 0 radical (unpaired) electrons. The quantitative estimate of drug-likeness (QED) is 0.498. The topological polar surface area (TPSA) is 86.8 Å². The Bertz CT molecular complexity index is 217. The van der Waals surface area contributed by atoms with Crippen molar-refractivity contribution in [2.75, 3.05) is 26.3 Å². The van der Waals surface area contributed by atoms with Gasteiger partial charge in [-0.05, 0) is 6.42 Å². The van der Waals surface area contributed by atoms with E-state index in [9.17, 15) is 4.79 Å². The summed E-state index contributed by atoms with van der Waals surface area (Å²) in [5, 5.41) is 17.5. The summed E-state index contributed by atoms with van der Waals surface area (Å²) >= 11 is 4.79. The molecule has 1 amide bonds. The Kier molecular flexibility index (Phi) is 7.19. The van der Waals surface area contributed by atoms with Crippen molar-refractivity contribution >= 4 is 23.1 Å². The summed E-state index contributed by atoms with van der Waals surface area (Å²) < 4.78 is 0. The largest absolute Gasteiger partial charge is 0.395 e. The van der Waals surface area contributed by atoms with Gasteiger partial charge in [-0.1, -0.05) is 19.1 Å². The highest BCUT2D eigenvalue weighted by atomic mass is 32.1. The van der Waals surface area contributed by atoms with Gasteiger partial charge in [0, 0.05) is 13.1 Å². The fraction of sp³-hybridized carbons (Fsp3) is 0.778. The van der Waals surface area contributed by atoms with Crippen LogP contribution in [0.2, 0.25) is 0 Å². The maximum absolute atomic E-state index is 11.8. The lowest BCUT2D eigenvalue weighted by molar-refractivity contribution is -0.134. The first-order valence-corrected chi connectivity index (χ1v) is 5.29. The van der Waals surface area contributed by atoms with Crippen LogP contribution in [0, 0.1) is 5.92 Å². The molecular formula is C9H18N2O3S. The number of amides is 1. The number of nitrogens with two attached hydrogens (primary N) is 1. The van der Waals surface area contributed by atoms with Crippen LogP contribution in [-0.2, 0) is 4.79 Å². The minimum atomic E-state index is -0.502. The molecule has 5 nitrogen and oxygen atoms in total. The summed E-state index contributed by atoms with van der Waals surface area (Å²) in [5.41, 5.74) is 5.44. The Morgan fingerprint density at radius 1 is 1.40 bits per heavy atom. The van der Waals surface area contributed by atoms with E-state index in [1.807, 2.05) is 6.92 Å². The van der Waals surface area contributed by atoms with Crippen LogP contribution in [0.5, 0.6) is 0 Å². The van der Waals surface area contributed by atoms with E-state index in [2.05, 4.69) is 0 Å². The third kappa shape index (κ3) is 4.55. The zero-order chi connectivity index (χ0) is 11.8. The molecule has 88 valence electrons. The number of hydrogen-bond acceptors (Lipinski definition) is 4. The lowest BCUT2D eigenvalue weighted by Gasteiger charge is -2.25. The van der Waals surface area contributed by atoms with Crippen LogP contribution < -0.4 is 5.73 Å². The van der Waals surface area contributed by atoms with E-state index < -0.39 is 5.92 Å². The van der Waals surface area contributed by atoms with E-state index in [0.717, 1.165) is 0 Å². The Labute approximate surface area is 94.9 Å². The molecule has 1 unspecified atom stereocenters. The van der Waals surface area contributed by atoms with Crippen molar-refractivity contribution in [2.24, 2.45) is 11.7 Å². The van der Waals surface area contributed by atoms with Gasteiger partial charge in [-0.15, -0.1) is 0 Å². The molecular weight excluding hydrogens is 216 g/mol. The summed E-state index contributed by atoms with van der Waals surface area (Å²) in [4.78, 5) is 13.4. The van der Waals surface area contributed by atoms with Crippen molar-refractivity contribution in [3.63, 3.8) is 0 Å². The standard InChI is InChI=1S/C9H18N2O3S/c1-2-7(8(10)15)9(14)11(3-5-12)4-6-13/h7,12-13H,2-6H2,1H3,(H2,10,15). The van der Waals surface area contributed by atoms with E-state index in [0.29, 0.717) is 6.42 Å². The summed E-state index contributed by atoms with van der Waals surface area (Å²) in [6.45, 7) is 1.92. The molecule has 0 aliphatic heterocycles. The van der Waals surface area contributed by atoms with E-state index in [1.165, 1.54) is 4.90 Å². The maximum atomic E-state index is 11.8. The van der Waals surface area contributed by atoms with Crippen molar-refractivity contribution < 1.29 is 15.0 Å². The van der Waals surface area contributed by atoms with Crippen LogP contribution >= 0.6 is 12.2 Å². The van der Waals surface area contributed by atoms with E-state index in [-0.39, 0.29) is 37.2 Å². The Balaban J connectivity index is 4.51. The minimum absolute atomic E-state index is 0.139. The molecule has 0 saturated heterocycles. The Morgan fingerprint density at radius 3 is 2.13 bits per heavy atom. The van der Waals surface area contributed by atoms with E-state index >= 15 is 0 Å². The van der Waals surface area contributed by atoms with Crippen molar-refractivity contribution in [3.8, 4) is 0 Å². The van der Waals surface area contributed by atoms with Crippen molar-refractivity contribution in [1.29, 1.82) is 0 Å². The maximum Gasteiger partial charge on any atom is 0.232 e. The van der Waals surface area contributed by atoms with Gasteiger partial charge in [-0.3, -0.25) is 4.79 Å². The first kappa shape index (κ1) is 14.3. The zero-order valence-corrected chi connectivity index (χ0v) is 9.66. The van der Waals surface area contributed by atoms with Crippen molar-refractivity contribution in [1.82, 2.24) is 4.90 Å². The average molecular weight is 234 g/mol. The summed E-state index contributed by atoms with van der Waals surface area (Å²) in [6, 6.07) is 0. The van der Waals surface area contributed by atoms with E-state index in [1.54, 1.807) is 0 Å². The highest BCUT2D eigenvalue weighted by Crippen LogP contribution is 2.08. The van der Waals surface area contributed by atoms with Gasteiger partial charge in [0.15, 0.2) is 0 Å². The molecule has 0 fully saturated rings. The van der Waals surface area contributed by atoms with Gasteiger partial charge in [-0.2, -0.15) is 0 Å². The predicted octanol–water partition coefficient (Wildman–Crippen LogP) is -0.888. The smallest absolute Gasteiger partial charge is 0.232 e. The molecule has 0 heterocycles. The predicted molar refractivity (Wildman–Crippen MR) is 61.3 cm³/mol. The molecule has 0 rings (SSSR count). The molecule has 0 aliphatic rings.